The summed E-state index contributed by atoms with van der Waals surface area (Å²) in [6, 6.07) is 3.30. The SMILES string of the molecule is CCCNc1nc(Nc2cc(F)cc(F)c2)c(F)cc1F. The Hall–Kier alpha value is -2.31. The molecule has 0 radical (unpaired) electrons. The predicted molar refractivity (Wildman–Crippen MR) is 72.6 cm³/mol. The van der Waals surface area contributed by atoms with Gasteiger partial charge in [0.25, 0.3) is 0 Å². The maximum atomic E-state index is 13.7. The fourth-order valence-corrected chi connectivity index (χ4v) is 1.68. The maximum Gasteiger partial charge on any atom is 0.169 e. The lowest BCUT2D eigenvalue weighted by atomic mass is 10.3. The van der Waals surface area contributed by atoms with Gasteiger partial charge in [-0.15, -0.1) is 0 Å². The normalized spacial score (nSPS) is 10.5. The second kappa shape index (κ2) is 6.43. The summed E-state index contributed by atoms with van der Waals surface area (Å²) in [7, 11) is 0. The maximum absolute atomic E-state index is 13.7. The van der Waals surface area contributed by atoms with Crippen LogP contribution < -0.4 is 10.6 Å². The summed E-state index contributed by atoms with van der Waals surface area (Å²) in [4.78, 5) is 3.75. The summed E-state index contributed by atoms with van der Waals surface area (Å²) in [5.74, 6) is -3.87. The van der Waals surface area contributed by atoms with E-state index in [1.807, 2.05) is 6.92 Å². The first-order chi connectivity index (χ1) is 9.99. The van der Waals surface area contributed by atoms with Crippen molar-refractivity contribution in [2.24, 2.45) is 0 Å². The molecular weight excluding hydrogens is 286 g/mol. The number of hydrogen-bond donors (Lipinski definition) is 2. The van der Waals surface area contributed by atoms with Crippen molar-refractivity contribution in [3.05, 3.63) is 47.5 Å². The quantitative estimate of drug-likeness (QED) is 0.812. The van der Waals surface area contributed by atoms with Gasteiger partial charge in [0.1, 0.15) is 11.6 Å². The Labute approximate surface area is 119 Å². The number of nitrogens with one attached hydrogen (secondary N) is 2. The van der Waals surface area contributed by atoms with Gasteiger partial charge in [0.15, 0.2) is 23.3 Å². The molecule has 7 heteroatoms. The Morgan fingerprint density at radius 3 is 2.14 bits per heavy atom. The van der Waals surface area contributed by atoms with Gasteiger partial charge in [-0.05, 0) is 18.6 Å². The van der Waals surface area contributed by atoms with E-state index in [2.05, 4.69) is 15.6 Å². The van der Waals surface area contributed by atoms with Crippen LogP contribution in [0, 0.1) is 23.3 Å². The zero-order chi connectivity index (χ0) is 15.4. The molecule has 0 aliphatic carbocycles. The molecule has 0 saturated carbocycles. The van der Waals surface area contributed by atoms with Crippen molar-refractivity contribution in [2.75, 3.05) is 17.2 Å². The van der Waals surface area contributed by atoms with E-state index in [4.69, 9.17) is 0 Å². The number of rotatable bonds is 5. The molecule has 2 aromatic rings. The van der Waals surface area contributed by atoms with E-state index in [1.165, 1.54) is 0 Å². The monoisotopic (exact) mass is 299 g/mol. The molecule has 112 valence electrons. The zero-order valence-corrected chi connectivity index (χ0v) is 11.2. The van der Waals surface area contributed by atoms with Crippen molar-refractivity contribution in [1.29, 1.82) is 0 Å². The van der Waals surface area contributed by atoms with Crippen LogP contribution in [0.4, 0.5) is 34.9 Å². The first kappa shape index (κ1) is 15.1. The molecule has 0 amide bonds. The number of nitrogens with zero attached hydrogens (tertiary/aromatic N) is 1. The van der Waals surface area contributed by atoms with Gasteiger partial charge in [-0.3, -0.25) is 0 Å². The van der Waals surface area contributed by atoms with Crippen molar-refractivity contribution in [2.45, 2.75) is 13.3 Å². The largest absolute Gasteiger partial charge is 0.368 e. The summed E-state index contributed by atoms with van der Waals surface area (Å²) in [6.45, 7) is 2.34. The number of anilines is 3. The molecule has 0 atom stereocenters. The van der Waals surface area contributed by atoms with Gasteiger partial charge in [0, 0.05) is 24.4 Å². The fraction of sp³-hybridized carbons (Fsp3) is 0.214. The average Bonchev–Trinajstić information content (AvgIpc) is 2.39. The van der Waals surface area contributed by atoms with Crippen LogP contribution in [-0.2, 0) is 0 Å². The highest BCUT2D eigenvalue weighted by molar-refractivity contribution is 5.59. The van der Waals surface area contributed by atoms with Crippen LogP contribution in [0.15, 0.2) is 24.3 Å². The van der Waals surface area contributed by atoms with Crippen LogP contribution in [0.2, 0.25) is 0 Å². The van der Waals surface area contributed by atoms with Crippen molar-refractivity contribution in [3.8, 4) is 0 Å². The zero-order valence-electron chi connectivity index (χ0n) is 11.2. The van der Waals surface area contributed by atoms with E-state index in [9.17, 15) is 17.6 Å². The number of halogens is 4. The van der Waals surface area contributed by atoms with Crippen LogP contribution in [0.1, 0.15) is 13.3 Å². The standard InChI is InChI=1S/C14H13F4N3/c1-2-3-19-13-11(17)7-12(18)14(21-13)20-10-5-8(15)4-9(16)6-10/h4-7H,2-3H2,1H3,(H2,19,20,21). The number of pyridine rings is 1. The number of benzene rings is 1. The molecule has 0 aliphatic rings. The third kappa shape index (κ3) is 3.84. The Kier molecular flexibility index (Phi) is 4.62. The van der Waals surface area contributed by atoms with Crippen molar-refractivity contribution >= 4 is 17.3 Å². The molecule has 0 fully saturated rings. The minimum atomic E-state index is -0.959. The van der Waals surface area contributed by atoms with Crippen LogP contribution in [0.3, 0.4) is 0 Å². The lowest BCUT2D eigenvalue weighted by Crippen LogP contribution is -2.07. The minimum absolute atomic E-state index is 0.0213. The van der Waals surface area contributed by atoms with E-state index in [-0.39, 0.29) is 17.3 Å². The van der Waals surface area contributed by atoms with Gasteiger partial charge < -0.3 is 10.6 Å². The number of aromatic nitrogens is 1. The molecule has 21 heavy (non-hydrogen) atoms. The molecule has 1 heterocycles. The van der Waals surface area contributed by atoms with Gasteiger partial charge in [0.2, 0.25) is 0 Å². The Balaban J connectivity index is 2.30. The summed E-state index contributed by atoms with van der Waals surface area (Å²) in [5.41, 5.74) is -0.0213. The summed E-state index contributed by atoms with van der Waals surface area (Å²) in [5, 5.41) is 5.12. The molecule has 2 N–H and O–H groups in total. The van der Waals surface area contributed by atoms with Crippen molar-refractivity contribution in [1.82, 2.24) is 4.98 Å². The van der Waals surface area contributed by atoms with E-state index >= 15 is 0 Å². The van der Waals surface area contributed by atoms with Crippen molar-refractivity contribution < 1.29 is 17.6 Å². The smallest absolute Gasteiger partial charge is 0.169 e. The Morgan fingerprint density at radius 2 is 1.52 bits per heavy atom. The third-order valence-corrected chi connectivity index (χ3v) is 2.60. The summed E-state index contributed by atoms with van der Waals surface area (Å²) in [6.07, 6.45) is 0.733. The first-order valence-corrected chi connectivity index (χ1v) is 6.32. The van der Waals surface area contributed by atoms with Crippen LogP contribution in [-0.4, -0.2) is 11.5 Å². The minimum Gasteiger partial charge on any atom is -0.368 e. The fourth-order valence-electron chi connectivity index (χ4n) is 1.68. The van der Waals surface area contributed by atoms with E-state index in [1.54, 1.807) is 0 Å². The topological polar surface area (TPSA) is 37.0 Å². The van der Waals surface area contributed by atoms with Crippen LogP contribution >= 0.6 is 0 Å². The first-order valence-electron chi connectivity index (χ1n) is 6.32. The van der Waals surface area contributed by atoms with Gasteiger partial charge in [-0.2, -0.15) is 0 Å². The lowest BCUT2D eigenvalue weighted by Gasteiger charge is -2.11. The third-order valence-electron chi connectivity index (χ3n) is 2.60. The summed E-state index contributed by atoms with van der Waals surface area (Å²) < 4.78 is 53.3. The van der Waals surface area contributed by atoms with Gasteiger partial charge in [-0.1, -0.05) is 6.92 Å². The highest BCUT2D eigenvalue weighted by atomic mass is 19.1. The van der Waals surface area contributed by atoms with Crippen LogP contribution in [0.5, 0.6) is 0 Å². The average molecular weight is 299 g/mol. The van der Waals surface area contributed by atoms with Crippen LogP contribution in [0.25, 0.3) is 0 Å². The Morgan fingerprint density at radius 1 is 0.905 bits per heavy atom. The highest BCUT2D eigenvalue weighted by Crippen LogP contribution is 2.23. The second-order valence-electron chi connectivity index (χ2n) is 4.36. The molecule has 3 nitrogen and oxygen atoms in total. The van der Waals surface area contributed by atoms with E-state index in [0.29, 0.717) is 18.7 Å². The predicted octanol–water partition coefficient (Wildman–Crippen LogP) is 4.20. The molecule has 1 aromatic heterocycles. The van der Waals surface area contributed by atoms with Gasteiger partial charge >= 0.3 is 0 Å². The molecule has 0 aliphatic heterocycles. The summed E-state index contributed by atoms with van der Waals surface area (Å²) >= 11 is 0. The van der Waals surface area contributed by atoms with Crippen molar-refractivity contribution in [3.63, 3.8) is 0 Å². The highest BCUT2D eigenvalue weighted by Gasteiger charge is 2.12. The molecule has 0 spiro atoms. The van der Waals surface area contributed by atoms with Gasteiger partial charge in [-0.25, -0.2) is 22.5 Å². The number of hydrogen-bond acceptors (Lipinski definition) is 3. The lowest BCUT2D eigenvalue weighted by molar-refractivity contribution is 0.577. The van der Waals surface area contributed by atoms with Gasteiger partial charge in [0.05, 0.1) is 0 Å². The molecule has 0 bridgehead atoms. The molecule has 2 rings (SSSR count). The molecule has 1 aromatic carbocycles. The Bertz CT molecular complexity index is 626. The second-order valence-corrected chi connectivity index (χ2v) is 4.36. The van der Waals surface area contributed by atoms with E-state index < -0.39 is 23.3 Å². The molecule has 0 unspecified atom stereocenters. The molecule has 0 saturated heterocycles. The van der Waals surface area contributed by atoms with E-state index in [0.717, 1.165) is 18.6 Å². The molecular formula is C14H13F4N3.